The molecule has 0 spiro atoms. The van der Waals surface area contributed by atoms with Crippen molar-refractivity contribution >= 4 is 35.1 Å². The predicted molar refractivity (Wildman–Crippen MR) is 127 cm³/mol. The molecule has 0 atom stereocenters. The van der Waals surface area contributed by atoms with Gasteiger partial charge in [-0.1, -0.05) is 36.4 Å². The average Bonchev–Trinajstić information content (AvgIpc) is 3.12. The molecule has 7 nitrogen and oxygen atoms in total. The number of hydrogen-bond acceptors (Lipinski definition) is 7. The van der Waals surface area contributed by atoms with Crippen molar-refractivity contribution in [3.8, 4) is 0 Å². The number of carbonyl (C=O) groups excluding carboxylic acids is 2. The molecule has 2 aromatic carbocycles. The van der Waals surface area contributed by atoms with Crippen LogP contribution in [0, 0.1) is 27.7 Å². The van der Waals surface area contributed by atoms with E-state index in [0.717, 1.165) is 22.3 Å². The van der Waals surface area contributed by atoms with Crippen LogP contribution in [0.3, 0.4) is 0 Å². The van der Waals surface area contributed by atoms with Crippen molar-refractivity contribution in [3.63, 3.8) is 0 Å². The van der Waals surface area contributed by atoms with Gasteiger partial charge in [-0.25, -0.2) is 19.6 Å². The van der Waals surface area contributed by atoms with Crippen molar-refractivity contribution in [2.45, 2.75) is 41.5 Å². The monoisotopic (exact) mass is 448 g/mol. The predicted octanol–water partition coefficient (Wildman–Crippen LogP) is 5.13. The van der Waals surface area contributed by atoms with E-state index in [9.17, 15) is 9.59 Å². The first-order valence-electron chi connectivity index (χ1n) is 10.8. The largest absolute Gasteiger partial charge is 0.462 e. The lowest BCUT2D eigenvalue weighted by atomic mass is 10.1. The molecular weight excluding hydrogens is 420 g/mol. The van der Waals surface area contributed by atoms with Crippen LogP contribution in [0.2, 0.25) is 0 Å². The van der Waals surface area contributed by atoms with Crippen molar-refractivity contribution in [3.05, 3.63) is 69.8 Å². The van der Waals surface area contributed by atoms with Crippen LogP contribution in [0.1, 0.15) is 36.1 Å². The number of rotatable bonds is 6. The maximum Gasteiger partial charge on any atom is 0.344 e. The Kier molecular flexibility index (Phi) is 7.43. The van der Waals surface area contributed by atoms with Crippen molar-refractivity contribution < 1.29 is 23.8 Å². The second-order valence-electron chi connectivity index (χ2n) is 7.61. The van der Waals surface area contributed by atoms with Gasteiger partial charge in [0.05, 0.1) is 24.6 Å². The molecule has 7 heteroatoms. The van der Waals surface area contributed by atoms with Crippen LogP contribution in [-0.4, -0.2) is 36.9 Å². The van der Waals surface area contributed by atoms with Crippen molar-refractivity contribution in [2.24, 2.45) is 9.98 Å². The number of hydrogen-bond donors (Lipinski definition) is 0. The van der Waals surface area contributed by atoms with Gasteiger partial charge in [0.2, 0.25) is 11.8 Å². The van der Waals surface area contributed by atoms with E-state index >= 15 is 0 Å². The van der Waals surface area contributed by atoms with E-state index < -0.39 is 11.9 Å². The van der Waals surface area contributed by atoms with E-state index in [1.807, 2.05) is 64.1 Å². The van der Waals surface area contributed by atoms with E-state index in [1.165, 1.54) is 0 Å². The molecule has 0 amide bonds. The normalized spacial score (nSPS) is 15.7. The third-order valence-corrected chi connectivity index (χ3v) is 5.14. The quantitative estimate of drug-likeness (QED) is 0.572. The fraction of sp³-hybridized carbons (Fsp3) is 0.308. The standard InChI is InChI=1S/C26H28N2O5/c1-7-31-25(29)19-20(26(30)32-8-2)24(28-22-17(5)13-10-14-18(22)6)33-23(19)27-21-15(3)11-9-12-16(21)4/h9-14H,7-8H2,1-6H3. The van der Waals surface area contributed by atoms with Gasteiger partial charge in [0.25, 0.3) is 0 Å². The van der Waals surface area contributed by atoms with Crippen LogP contribution in [0.5, 0.6) is 0 Å². The molecule has 2 aromatic rings. The summed E-state index contributed by atoms with van der Waals surface area (Å²) in [5.74, 6) is -1.53. The summed E-state index contributed by atoms with van der Waals surface area (Å²) in [4.78, 5) is 35.2. The van der Waals surface area contributed by atoms with E-state index in [4.69, 9.17) is 14.2 Å². The second-order valence-corrected chi connectivity index (χ2v) is 7.61. The SMILES string of the molecule is CCOC(=O)C1=C(C(=O)OCC)C(=Nc2c(C)cccc2C)OC1=Nc1c(C)cccc1C. The van der Waals surface area contributed by atoms with Crippen LogP contribution in [-0.2, 0) is 23.8 Å². The zero-order valence-electron chi connectivity index (χ0n) is 19.8. The summed E-state index contributed by atoms with van der Waals surface area (Å²) in [5, 5.41) is 0. The van der Waals surface area contributed by atoms with Gasteiger partial charge in [-0.05, 0) is 63.8 Å². The number of ether oxygens (including phenoxy) is 3. The summed E-state index contributed by atoms with van der Waals surface area (Å²) < 4.78 is 16.5. The van der Waals surface area contributed by atoms with Crippen molar-refractivity contribution in [2.75, 3.05) is 13.2 Å². The molecule has 1 aliphatic heterocycles. The Morgan fingerprint density at radius 1 is 0.697 bits per heavy atom. The highest BCUT2D eigenvalue weighted by atomic mass is 16.6. The molecule has 0 bridgehead atoms. The Hall–Kier alpha value is -3.74. The Morgan fingerprint density at radius 2 is 1.03 bits per heavy atom. The molecule has 0 aromatic heterocycles. The van der Waals surface area contributed by atoms with Crippen molar-refractivity contribution in [1.82, 2.24) is 0 Å². The average molecular weight is 449 g/mol. The number of carbonyl (C=O) groups is 2. The van der Waals surface area contributed by atoms with Crippen LogP contribution < -0.4 is 0 Å². The lowest BCUT2D eigenvalue weighted by molar-refractivity contribution is -0.140. The van der Waals surface area contributed by atoms with Crippen LogP contribution >= 0.6 is 0 Å². The highest BCUT2D eigenvalue weighted by Gasteiger charge is 2.40. The Bertz CT molecular complexity index is 1060. The lowest BCUT2D eigenvalue weighted by Gasteiger charge is -2.08. The maximum absolute atomic E-state index is 13.0. The Balaban J connectivity index is 2.29. The van der Waals surface area contributed by atoms with Gasteiger partial charge in [0.1, 0.15) is 11.1 Å². The summed E-state index contributed by atoms with van der Waals surface area (Å²) >= 11 is 0. The topological polar surface area (TPSA) is 86.6 Å². The Labute approximate surface area is 193 Å². The molecular formula is C26H28N2O5. The number of para-hydroxylation sites is 2. The summed E-state index contributed by atoms with van der Waals surface area (Å²) in [6, 6.07) is 11.5. The molecule has 0 radical (unpaired) electrons. The van der Waals surface area contributed by atoms with Gasteiger partial charge in [-0.2, -0.15) is 0 Å². The van der Waals surface area contributed by atoms with Crippen LogP contribution in [0.4, 0.5) is 11.4 Å². The third-order valence-electron chi connectivity index (χ3n) is 5.14. The molecule has 33 heavy (non-hydrogen) atoms. The molecule has 0 unspecified atom stereocenters. The van der Waals surface area contributed by atoms with Gasteiger partial charge in [-0.3, -0.25) is 0 Å². The zero-order valence-corrected chi connectivity index (χ0v) is 19.8. The lowest BCUT2D eigenvalue weighted by Crippen LogP contribution is -2.18. The highest BCUT2D eigenvalue weighted by Crippen LogP contribution is 2.32. The van der Waals surface area contributed by atoms with E-state index in [-0.39, 0.29) is 36.2 Å². The minimum atomic E-state index is -0.725. The number of esters is 2. The van der Waals surface area contributed by atoms with Gasteiger partial charge in [0.15, 0.2) is 0 Å². The molecule has 0 fully saturated rings. The van der Waals surface area contributed by atoms with Crippen molar-refractivity contribution in [1.29, 1.82) is 0 Å². The number of aryl methyl sites for hydroxylation is 4. The maximum atomic E-state index is 13.0. The molecule has 0 saturated heterocycles. The molecule has 0 N–H and O–H groups in total. The number of aliphatic imine (C=N–C) groups is 2. The van der Waals surface area contributed by atoms with Gasteiger partial charge >= 0.3 is 11.9 Å². The second kappa shape index (κ2) is 10.3. The van der Waals surface area contributed by atoms with E-state index in [1.54, 1.807) is 13.8 Å². The molecule has 0 aliphatic carbocycles. The number of benzene rings is 2. The van der Waals surface area contributed by atoms with E-state index in [2.05, 4.69) is 9.98 Å². The summed E-state index contributed by atoms with van der Waals surface area (Å²) in [5.41, 5.74) is 4.68. The highest BCUT2D eigenvalue weighted by molar-refractivity contribution is 6.37. The molecule has 1 heterocycles. The number of nitrogens with zero attached hydrogens (tertiary/aromatic N) is 2. The van der Waals surface area contributed by atoms with E-state index in [0.29, 0.717) is 11.4 Å². The fourth-order valence-electron chi connectivity index (χ4n) is 3.52. The van der Waals surface area contributed by atoms with Gasteiger partial charge < -0.3 is 14.2 Å². The molecule has 1 aliphatic rings. The zero-order chi connectivity index (χ0) is 24.1. The van der Waals surface area contributed by atoms with Crippen LogP contribution in [0.15, 0.2) is 57.5 Å². The summed E-state index contributed by atoms with van der Waals surface area (Å²) in [6.45, 7) is 11.3. The van der Waals surface area contributed by atoms with Gasteiger partial charge in [0, 0.05) is 0 Å². The van der Waals surface area contributed by atoms with Crippen LogP contribution in [0.25, 0.3) is 0 Å². The first-order chi connectivity index (χ1) is 15.8. The smallest absolute Gasteiger partial charge is 0.344 e. The molecule has 3 rings (SSSR count). The molecule has 0 saturated carbocycles. The summed E-state index contributed by atoms with van der Waals surface area (Å²) in [7, 11) is 0. The minimum absolute atomic E-state index is 0.0427. The minimum Gasteiger partial charge on any atom is -0.462 e. The van der Waals surface area contributed by atoms with Gasteiger partial charge in [-0.15, -0.1) is 0 Å². The fourth-order valence-corrected chi connectivity index (χ4v) is 3.52. The molecule has 172 valence electrons. The first-order valence-corrected chi connectivity index (χ1v) is 10.8. The Morgan fingerprint density at radius 3 is 1.33 bits per heavy atom. The summed E-state index contributed by atoms with van der Waals surface area (Å²) in [6.07, 6.45) is 0. The first kappa shape index (κ1) is 23.9. The third kappa shape index (κ3) is 5.03.